The smallest absolute Gasteiger partial charge is 0.122 e. The summed E-state index contributed by atoms with van der Waals surface area (Å²) in [5.74, 6) is 1.24. The van der Waals surface area contributed by atoms with E-state index in [-0.39, 0.29) is 0 Å². The molecule has 1 aromatic rings. The number of fused-ring (bicyclic) bond motifs is 1. The third kappa shape index (κ3) is 2.24. The van der Waals surface area contributed by atoms with Gasteiger partial charge in [-0.3, -0.25) is 4.90 Å². The zero-order valence-corrected chi connectivity index (χ0v) is 10.7. The normalized spacial score (nSPS) is 23.8. The van der Waals surface area contributed by atoms with E-state index in [1.165, 1.54) is 44.8 Å². The lowest BCUT2D eigenvalue weighted by atomic mass is 10.0. The van der Waals surface area contributed by atoms with Crippen molar-refractivity contribution in [1.82, 2.24) is 19.4 Å². The molecular weight excluding hydrogens is 212 g/mol. The van der Waals surface area contributed by atoms with Gasteiger partial charge in [0.25, 0.3) is 0 Å². The predicted octanol–water partition coefficient (Wildman–Crippen LogP) is 1.18. The first-order chi connectivity index (χ1) is 8.36. The summed E-state index contributed by atoms with van der Waals surface area (Å²) < 4.78 is 2.29. The van der Waals surface area contributed by atoms with Crippen LogP contribution in [0.25, 0.3) is 0 Å². The zero-order valence-electron chi connectivity index (χ0n) is 10.7. The minimum atomic E-state index is 0.781. The van der Waals surface area contributed by atoms with Gasteiger partial charge in [-0.25, -0.2) is 4.98 Å². The number of piperidine rings is 1. The number of hydrogen-bond acceptors (Lipinski definition) is 3. The van der Waals surface area contributed by atoms with Crippen LogP contribution in [0.3, 0.4) is 0 Å². The first-order valence-electron chi connectivity index (χ1n) is 6.83. The van der Waals surface area contributed by atoms with Crippen molar-refractivity contribution in [2.24, 2.45) is 0 Å². The molecule has 0 bridgehead atoms. The predicted molar refractivity (Wildman–Crippen MR) is 67.8 cm³/mol. The quantitative estimate of drug-likeness (QED) is 0.768. The van der Waals surface area contributed by atoms with Crippen molar-refractivity contribution in [3.63, 3.8) is 0 Å². The first-order valence-corrected chi connectivity index (χ1v) is 6.83. The Morgan fingerprint density at radius 1 is 1.24 bits per heavy atom. The van der Waals surface area contributed by atoms with Crippen molar-refractivity contribution < 1.29 is 0 Å². The van der Waals surface area contributed by atoms with Crippen LogP contribution in [0.5, 0.6) is 0 Å². The van der Waals surface area contributed by atoms with Gasteiger partial charge >= 0.3 is 0 Å². The number of aromatic nitrogens is 2. The molecule has 1 saturated heterocycles. The molecule has 2 aliphatic rings. The Morgan fingerprint density at radius 2 is 2.06 bits per heavy atom. The highest BCUT2D eigenvalue weighted by atomic mass is 15.3. The molecule has 4 nitrogen and oxygen atoms in total. The van der Waals surface area contributed by atoms with Crippen molar-refractivity contribution in [2.45, 2.75) is 38.9 Å². The SMILES string of the molecule is CCN1CCC(N2CCn3ccnc3C2)CC1. The second-order valence-electron chi connectivity index (χ2n) is 5.17. The second kappa shape index (κ2) is 4.78. The second-order valence-corrected chi connectivity index (χ2v) is 5.17. The van der Waals surface area contributed by atoms with E-state index < -0.39 is 0 Å². The van der Waals surface area contributed by atoms with E-state index in [1.807, 2.05) is 6.20 Å². The van der Waals surface area contributed by atoms with Crippen LogP contribution in [0.15, 0.2) is 12.4 Å². The molecule has 0 amide bonds. The highest BCUT2D eigenvalue weighted by Gasteiger charge is 2.26. The lowest BCUT2D eigenvalue weighted by Crippen LogP contribution is -2.47. The van der Waals surface area contributed by atoms with Crippen molar-refractivity contribution in [3.05, 3.63) is 18.2 Å². The zero-order chi connectivity index (χ0) is 11.7. The van der Waals surface area contributed by atoms with Gasteiger partial charge in [0.2, 0.25) is 0 Å². The van der Waals surface area contributed by atoms with Crippen molar-refractivity contribution in [3.8, 4) is 0 Å². The molecule has 0 atom stereocenters. The molecule has 0 spiro atoms. The molecule has 0 saturated carbocycles. The molecule has 1 fully saturated rings. The van der Waals surface area contributed by atoms with Crippen LogP contribution in [-0.2, 0) is 13.1 Å². The van der Waals surface area contributed by atoms with Gasteiger partial charge < -0.3 is 9.47 Å². The van der Waals surface area contributed by atoms with E-state index in [2.05, 4.69) is 32.5 Å². The first kappa shape index (κ1) is 11.2. The molecule has 0 aromatic carbocycles. The Morgan fingerprint density at radius 3 is 2.82 bits per heavy atom. The molecule has 0 radical (unpaired) electrons. The molecule has 0 unspecified atom stereocenters. The van der Waals surface area contributed by atoms with Gasteiger partial charge in [-0.1, -0.05) is 6.92 Å². The molecule has 1 aromatic heterocycles. The van der Waals surface area contributed by atoms with Gasteiger partial charge in [-0.15, -0.1) is 0 Å². The molecule has 17 heavy (non-hydrogen) atoms. The summed E-state index contributed by atoms with van der Waals surface area (Å²) in [4.78, 5) is 9.64. The van der Waals surface area contributed by atoms with E-state index in [9.17, 15) is 0 Å². The van der Waals surface area contributed by atoms with Crippen LogP contribution < -0.4 is 0 Å². The topological polar surface area (TPSA) is 24.3 Å². The standard InChI is InChI=1S/C13H22N4/c1-2-15-6-3-12(4-7-15)17-10-9-16-8-5-14-13(16)11-17/h5,8,12H,2-4,6-7,9-11H2,1H3. The van der Waals surface area contributed by atoms with E-state index in [1.54, 1.807) is 0 Å². The van der Waals surface area contributed by atoms with Crippen molar-refractivity contribution >= 4 is 0 Å². The number of nitrogens with zero attached hydrogens (tertiary/aromatic N) is 4. The van der Waals surface area contributed by atoms with Gasteiger partial charge in [0, 0.05) is 31.5 Å². The lowest BCUT2D eigenvalue weighted by molar-refractivity contribution is 0.0878. The maximum Gasteiger partial charge on any atom is 0.122 e. The van der Waals surface area contributed by atoms with E-state index in [0.29, 0.717) is 0 Å². The van der Waals surface area contributed by atoms with Crippen molar-refractivity contribution in [2.75, 3.05) is 26.2 Å². The highest BCUT2D eigenvalue weighted by molar-refractivity contribution is 4.97. The number of imidazole rings is 1. The van der Waals surface area contributed by atoms with Gasteiger partial charge in [-0.05, 0) is 32.5 Å². The van der Waals surface area contributed by atoms with E-state index in [4.69, 9.17) is 0 Å². The summed E-state index contributed by atoms with van der Waals surface area (Å²) in [6.07, 6.45) is 6.69. The fraction of sp³-hybridized carbons (Fsp3) is 0.769. The maximum atomic E-state index is 4.44. The van der Waals surface area contributed by atoms with Crippen LogP contribution >= 0.6 is 0 Å². The van der Waals surface area contributed by atoms with E-state index >= 15 is 0 Å². The minimum absolute atomic E-state index is 0.781. The molecular formula is C13H22N4. The van der Waals surface area contributed by atoms with Crippen LogP contribution in [-0.4, -0.2) is 51.6 Å². The molecule has 94 valence electrons. The molecule has 4 heteroatoms. The third-order valence-electron chi connectivity index (χ3n) is 4.30. The lowest BCUT2D eigenvalue weighted by Gasteiger charge is -2.39. The molecule has 3 heterocycles. The Labute approximate surface area is 103 Å². The Hall–Kier alpha value is -0.870. The van der Waals surface area contributed by atoms with Crippen LogP contribution in [0.4, 0.5) is 0 Å². The van der Waals surface area contributed by atoms with Gasteiger partial charge in [0.15, 0.2) is 0 Å². The maximum absolute atomic E-state index is 4.44. The molecule has 0 aliphatic carbocycles. The molecule has 3 rings (SSSR count). The number of hydrogen-bond donors (Lipinski definition) is 0. The van der Waals surface area contributed by atoms with Crippen LogP contribution in [0, 0.1) is 0 Å². The summed E-state index contributed by atoms with van der Waals surface area (Å²) >= 11 is 0. The Kier molecular flexibility index (Phi) is 3.16. The minimum Gasteiger partial charge on any atom is -0.333 e. The average Bonchev–Trinajstić information content (AvgIpc) is 2.86. The third-order valence-corrected chi connectivity index (χ3v) is 4.30. The fourth-order valence-corrected chi connectivity index (χ4v) is 3.10. The molecule has 2 aliphatic heterocycles. The van der Waals surface area contributed by atoms with Crippen LogP contribution in [0.1, 0.15) is 25.6 Å². The summed E-state index contributed by atoms with van der Waals surface area (Å²) in [6, 6.07) is 0.781. The monoisotopic (exact) mass is 234 g/mol. The van der Waals surface area contributed by atoms with Crippen LogP contribution in [0.2, 0.25) is 0 Å². The summed E-state index contributed by atoms with van der Waals surface area (Å²) in [7, 11) is 0. The highest BCUT2D eigenvalue weighted by Crippen LogP contribution is 2.20. The van der Waals surface area contributed by atoms with E-state index in [0.717, 1.165) is 19.1 Å². The largest absolute Gasteiger partial charge is 0.333 e. The fourth-order valence-electron chi connectivity index (χ4n) is 3.10. The Bertz CT molecular complexity index is 365. The van der Waals surface area contributed by atoms with Crippen molar-refractivity contribution in [1.29, 1.82) is 0 Å². The van der Waals surface area contributed by atoms with Gasteiger partial charge in [0.1, 0.15) is 5.82 Å². The molecule has 0 N–H and O–H groups in total. The van der Waals surface area contributed by atoms with Gasteiger partial charge in [0.05, 0.1) is 6.54 Å². The number of rotatable bonds is 2. The Balaban J connectivity index is 1.60. The summed E-state index contributed by atoms with van der Waals surface area (Å²) in [5, 5.41) is 0. The van der Waals surface area contributed by atoms with Gasteiger partial charge in [-0.2, -0.15) is 0 Å². The average molecular weight is 234 g/mol. The summed E-state index contributed by atoms with van der Waals surface area (Å²) in [5.41, 5.74) is 0. The summed E-state index contributed by atoms with van der Waals surface area (Å²) in [6.45, 7) is 9.36. The number of likely N-dealkylation sites (tertiary alicyclic amines) is 1.